The Hall–Kier alpha value is -1.72. The molecule has 2 heterocycles. The lowest BCUT2D eigenvalue weighted by molar-refractivity contribution is -0.129. The summed E-state index contributed by atoms with van der Waals surface area (Å²) in [5.74, 6) is -0.0594. The fourth-order valence-corrected chi connectivity index (χ4v) is 3.01. The van der Waals surface area contributed by atoms with E-state index in [1.165, 1.54) is 11.3 Å². The molecule has 0 saturated carbocycles. The summed E-state index contributed by atoms with van der Waals surface area (Å²) in [5.41, 5.74) is 1.12. The van der Waals surface area contributed by atoms with Crippen molar-refractivity contribution in [1.29, 1.82) is 0 Å². The van der Waals surface area contributed by atoms with Crippen LogP contribution in [-0.2, 0) is 9.53 Å². The molecule has 0 saturated heterocycles. The van der Waals surface area contributed by atoms with Gasteiger partial charge in [0.2, 0.25) is 5.90 Å². The van der Waals surface area contributed by atoms with E-state index in [2.05, 4.69) is 20.9 Å². The van der Waals surface area contributed by atoms with Gasteiger partial charge in [0, 0.05) is 10.4 Å². The number of ether oxygens (including phenoxy) is 1. The lowest BCUT2D eigenvalue weighted by Crippen LogP contribution is -2.04. The van der Waals surface area contributed by atoms with E-state index < -0.39 is 5.97 Å². The van der Waals surface area contributed by atoms with Crippen LogP contribution in [0.5, 0.6) is 0 Å². The Morgan fingerprint density at radius 2 is 1.95 bits per heavy atom. The molecule has 1 aromatic heterocycles. The van der Waals surface area contributed by atoms with Gasteiger partial charge in [-0.05, 0) is 46.3 Å². The van der Waals surface area contributed by atoms with Crippen LogP contribution in [0.4, 0.5) is 0 Å². The number of esters is 1. The van der Waals surface area contributed by atoms with Crippen LogP contribution in [0.1, 0.15) is 10.4 Å². The zero-order chi connectivity index (χ0) is 13.2. The second kappa shape index (κ2) is 5.11. The van der Waals surface area contributed by atoms with Crippen LogP contribution in [0.2, 0.25) is 0 Å². The second-order valence-corrected chi connectivity index (χ2v) is 6.34. The molecule has 0 atom stereocenters. The number of thiophene rings is 1. The van der Waals surface area contributed by atoms with E-state index in [0.29, 0.717) is 11.6 Å². The minimum atomic E-state index is -0.414. The molecule has 0 fully saturated rings. The lowest BCUT2D eigenvalue weighted by Gasteiger charge is -1.97. The first kappa shape index (κ1) is 12.3. The molecular formula is C14H8BrNO2S. The average molecular weight is 334 g/mol. The summed E-state index contributed by atoms with van der Waals surface area (Å²) in [6.07, 6.45) is 1.73. The number of cyclic esters (lactones) is 1. The Labute approximate surface area is 122 Å². The maximum absolute atomic E-state index is 11.8. The third kappa shape index (κ3) is 2.67. The molecule has 19 heavy (non-hydrogen) atoms. The zero-order valence-electron chi connectivity index (χ0n) is 9.67. The number of rotatable bonds is 2. The Morgan fingerprint density at radius 3 is 2.63 bits per heavy atom. The Balaban J connectivity index is 1.94. The highest BCUT2D eigenvalue weighted by Crippen LogP contribution is 2.26. The fourth-order valence-electron chi connectivity index (χ4n) is 1.65. The molecular weight excluding hydrogens is 326 g/mol. The first-order chi connectivity index (χ1) is 9.22. The second-order valence-electron chi connectivity index (χ2n) is 3.84. The van der Waals surface area contributed by atoms with Crippen LogP contribution in [0.15, 0.2) is 56.9 Å². The van der Waals surface area contributed by atoms with Gasteiger partial charge >= 0.3 is 5.97 Å². The molecule has 0 spiro atoms. The quantitative estimate of drug-likeness (QED) is 0.618. The molecule has 0 aliphatic carbocycles. The van der Waals surface area contributed by atoms with Gasteiger partial charge in [0.1, 0.15) is 0 Å². The summed E-state index contributed by atoms with van der Waals surface area (Å²) in [6, 6.07) is 13.2. The Bertz CT molecular complexity index is 688. The predicted octanol–water partition coefficient (Wildman–Crippen LogP) is 3.86. The molecule has 0 amide bonds. The van der Waals surface area contributed by atoms with E-state index in [9.17, 15) is 4.79 Å². The summed E-state index contributed by atoms with van der Waals surface area (Å²) in [4.78, 5) is 17.0. The maximum Gasteiger partial charge on any atom is 0.363 e. The molecule has 94 valence electrons. The van der Waals surface area contributed by atoms with Gasteiger partial charge in [0.05, 0.1) is 3.79 Å². The SMILES string of the molecule is O=C1OC(c2ccccc2)=N/C1=C/c1ccc(Br)s1. The molecule has 0 N–H and O–H groups in total. The van der Waals surface area contributed by atoms with Crippen LogP contribution in [0, 0.1) is 0 Å². The van der Waals surface area contributed by atoms with Gasteiger partial charge in [-0.25, -0.2) is 9.79 Å². The normalized spacial score (nSPS) is 16.6. The number of nitrogens with zero attached hydrogens (tertiary/aromatic N) is 1. The van der Waals surface area contributed by atoms with E-state index >= 15 is 0 Å². The molecule has 3 rings (SSSR count). The van der Waals surface area contributed by atoms with Crippen LogP contribution in [-0.4, -0.2) is 11.9 Å². The standard InChI is InChI=1S/C14H8BrNO2S/c15-12-7-6-10(19-12)8-11-14(17)18-13(16-11)9-4-2-1-3-5-9/h1-8H/b11-8+. The molecule has 0 radical (unpaired) electrons. The number of halogens is 1. The van der Waals surface area contributed by atoms with Crippen molar-refractivity contribution in [2.24, 2.45) is 4.99 Å². The number of aliphatic imine (C=N–C) groups is 1. The van der Waals surface area contributed by atoms with Crippen LogP contribution >= 0.6 is 27.3 Å². The molecule has 0 bridgehead atoms. The summed E-state index contributed by atoms with van der Waals surface area (Å²) in [6.45, 7) is 0. The Morgan fingerprint density at radius 1 is 1.16 bits per heavy atom. The highest BCUT2D eigenvalue weighted by atomic mass is 79.9. The van der Waals surface area contributed by atoms with Gasteiger partial charge in [-0.3, -0.25) is 0 Å². The summed E-state index contributed by atoms with van der Waals surface area (Å²) in [7, 11) is 0. The number of hydrogen-bond donors (Lipinski definition) is 0. The summed E-state index contributed by atoms with van der Waals surface area (Å²) in [5, 5.41) is 0. The van der Waals surface area contributed by atoms with Crippen LogP contribution < -0.4 is 0 Å². The molecule has 3 nitrogen and oxygen atoms in total. The highest BCUT2D eigenvalue weighted by Gasteiger charge is 2.23. The third-order valence-corrected chi connectivity index (χ3v) is 4.08. The predicted molar refractivity (Wildman–Crippen MR) is 79.1 cm³/mol. The first-order valence-corrected chi connectivity index (χ1v) is 7.17. The van der Waals surface area contributed by atoms with Crippen LogP contribution in [0.25, 0.3) is 6.08 Å². The van der Waals surface area contributed by atoms with Crippen molar-refractivity contribution in [3.63, 3.8) is 0 Å². The monoisotopic (exact) mass is 333 g/mol. The fraction of sp³-hybridized carbons (Fsp3) is 0. The van der Waals surface area contributed by atoms with Crippen molar-refractivity contribution in [2.45, 2.75) is 0 Å². The summed E-state index contributed by atoms with van der Waals surface area (Å²) >= 11 is 4.92. The van der Waals surface area contributed by atoms with Crippen molar-refractivity contribution in [2.75, 3.05) is 0 Å². The molecule has 5 heteroatoms. The topological polar surface area (TPSA) is 38.7 Å². The molecule has 2 aromatic rings. The molecule has 1 aliphatic rings. The van der Waals surface area contributed by atoms with Gasteiger partial charge in [-0.1, -0.05) is 18.2 Å². The zero-order valence-corrected chi connectivity index (χ0v) is 12.1. The van der Waals surface area contributed by atoms with Gasteiger partial charge in [-0.15, -0.1) is 11.3 Å². The van der Waals surface area contributed by atoms with Gasteiger partial charge < -0.3 is 4.74 Å². The summed E-state index contributed by atoms with van der Waals surface area (Å²) < 4.78 is 6.19. The third-order valence-electron chi connectivity index (χ3n) is 2.51. The Kier molecular flexibility index (Phi) is 3.31. The largest absolute Gasteiger partial charge is 0.402 e. The van der Waals surface area contributed by atoms with Crippen molar-refractivity contribution in [1.82, 2.24) is 0 Å². The molecule has 1 aliphatic heterocycles. The van der Waals surface area contributed by atoms with Gasteiger partial charge in [0.15, 0.2) is 5.70 Å². The highest BCUT2D eigenvalue weighted by molar-refractivity contribution is 9.11. The van der Waals surface area contributed by atoms with Gasteiger partial charge in [-0.2, -0.15) is 0 Å². The first-order valence-electron chi connectivity index (χ1n) is 5.56. The number of carbonyl (C=O) groups excluding carboxylic acids is 1. The van der Waals surface area contributed by atoms with Crippen molar-refractivity contribution >= 4 is 45.2 Å². The van der Waals surface area contributed by atoms with Crippen molar-refractivity contribution in [3.05, 3.63) is 62.4 Å². The number of carbonyl (C=O) groups is 1. The van der Waals surface area contributed by atoms with E-state index in [0.717, 1.165) is 14.2 Å². The minimum Gasteiger partial charge on any atom is -0.402 e. The lowest BCUT2D eigenvalue weighted by atomic mass is 10.2. The minimum absolute atomic E-state index is 0.327. The van der Waals surface area contributed by atoms with Gasteiger partial charge in [0.25, 0.3) is 0 Å². The number of benzene rings is 1. The van der Waals surface area contributed by atoms with Crippen molar-refractivity contribution < 1.29 is 9.53 Å². The van der Waals surface area contributed by atoms with Crippen LogP contribution in [0.3, 0.4) is 0 Å². The van der Waals surface area contributed by atoms with E-state index in [-0.39, 0.29) is 0 Å². The van der Waals surface area contributed by atoms with E-state index in [1.54, 1.807) is 6.08 Å². The molecule has 0 unspecified atom stereocenters. The van der Waals surface area contributed by atoms with E-state index in [1.807, 2.05) is 42.5 Å². The van der Waals surface area contributed by atoms with E-state index in [4.69, 9.17) is 4.74 Å². The van der Waals surface area contributed by atoms with Crippen molar-refractivity contribution in [3.8, 4) is 0 Å². The average Bonchev–Trinajstić information content (AvgIpc) is 2.98. The number of hydrogen-bond acceptors (Lipinski definition) is 4. The maximum atomic E-state index is 11.8. The smallest absolute Gasteiger partial charge is 0.363 e. The molecule has 1 aromatic carbocycles.